The fourth-order valence-electron chi connectivity index (χ4n) is 3.69. The van der Waals surface area contributed by atoms with Gasteiger partial charge in [0.15, 0.2) is 0 Å². The van der Waals surface area contributed by atoms with Crippen molar-refractivity contribution in [1.82, 2.24) is 4.98 Å². The Morgan fingerprint density at radius 3 is 2.75 bits per heavy atom. The van der Waals surface area contributed by atoms with Crippen LogP contribution in [0.4, 0.5) is 24.5 Å². The van der Waals surface area contributed by atoms with Crippen molar-refractivity contribution in [3.63, 3.8) is 0 Å². The molecule has 0 fully saturated rings. The summed E-state index contributed by atoms with van der Waals surface area (Å²) in [4.78, 5) is 18.4. The molecule has 28 heavy (non-hydrogen) atoms. The molecule has 2 heterocycles. The van der Waals surface area contributed by atoms with E-state index < -0.39 is 17.6 Å². The van der Waals surface area contributed by atoms with Gasteiger partial charge >= 0.3 is 6.18 Å². The number of fused-ring (bicyclic) bond motifs is 2. The molecule has 1 aromatic carbocycles. The van der Waals surface area contributed by atoms with Gasteiger partial charge in [0.05, 0.1) is 11.3 Å². The quantitative estimate of drug-likeness (QED) is 0.605. The van der Waals surface area contributed by atoms with E-state index in [1.54, 1.807) is 0 Å². The number of halogens is 3. The van der Waals surface area contributed by atoms with Crippen molar-refractivity contribution in [3.05, 3.63) is 51.5 Å². The highest BCUT2D eigenvalue weighted by atomic mass is 32.1. The summed E-state index contributed by atoms with van der Waals surface area (Å²) in [6, 6.07) is 4.54. The maximum absolute atomic E-state index is 12.9. The van der Waals surface area contributed by atoms with Crippen LogP contribution in [0.1, 0.15) is 44.9 Å². The Hall–Kier alpha value is -2.61. The number of aromatic nitrogens is 1. The molecule has 0 saturated carbocycles. The normalized spacial score (nSPS) is 14.1. The van der Waals surface area contributed by atoms with Crippen molar-refractivity contribution in [3.8, 4) is 0 Å². The number of rotatable bonds is 2. The summed E-state index contributed by atoms with van der Waals surface area (Å²) in [5.41, 5.74) is 9.15. The molecule has 0 saturated heterocycles. The standard InChI is InChI=1S/C20H18F3N3OS/c1-10-13-7-2-3-8-14(13)26-19-15(10)16(24)17(28-19)18(27)25-12-6-4-5-11(9-12)20(21,22)23/h4-6,9H,2-3,7-8,24H2,1H3,(H,25,27). The summed E-state index contributed by atoms with van der Waals surface area (Å²) in [6.45, 7) is 1.99. The second kappa shape index (κ2) is 6.77. The molecule has 2 aromatic heterocycles. The van der Waals surface area contributed by atoms with E-state index in [-0.39, 0.29) is 10.6 Å². The van der Waals surface area contributed by atoms with Gasteiger partial charge in [-0.1, -0.05) is 6.07 Å². The van der Waals surface area contributed by atoms with Gasteiger partial charge in [-0.15, -0.1) is 11.3 Å². The molecule has 1 amide bonds. The Morgan fingerprint density at radius 1 is 1.25 bits per heavy atom. The number of nitrogens with one attached hydrogen (secondary N) is 1. The fourth-order valence-corrected chi connectivity index (χ4v) is 4.76. The summed E-state index contributed by atoms with van der Waals surface area (Å²) >= 11 is 1.18. The summed E-state index contributed by atoms with van der Waals surface area (Å²) in [6.07, 6.45) is -0.416. The van der Waals surface area contributed by atoms with E-state index in [0.29, 0.717) is 10.5 Å². The largest absolute Gasteiger partial charge is 0.416 e. The first kappa shape index (κ1) is 18.7. The number of nitrogen functional groups attached to an aromatic ring is 1. The van der Waals surface area contributed by atoms with Crippen molar-refractivity contribution in [2.45, 2.75) is 38.8 Å². The monoisotopic (exact) mass is 405 g/mol. The number of nitrogens with zero attached hydrogens (tertiary/aromatic N) is 1. The first-order valence-electron chi connectivity index (χ1n) is 8.94. The number of aryl methyl sites for hydroxylation is 2. The minimum absolute atomic E-state index is 0.0701. The van der Waals surface area contributed by atoms with E-state index in [0.717, 1.165) is 54.5 Å². The van der Waals surface area contributed by atoms with Crippen LogP contribution in [0.3, 0.4) is 0 Å². The number of alkyl halides is 3. The van der Waals surface area contributed by atoms with Crippen molar-refractivity contribution >= 4 is 38.8 Å². The van der Waals surface area contributed by atoms with Crippen molar-refractivity contribution < 1.29 is 18.0 Å². The van der Waals surface area contributed by atoms with Gasteiger partial charge in [0.2, 0.25) is 0 Å². The molecule has 0 bridgehead atoms. The third-order valence-electron chi connectivity index (χ3n) is 5.08. The molecule has 0 aliphatic heterocycles. The Kier molecular flexibility index (Phi) is 4.53. The molecule has 1 aliphatic rings. The molecule has 4 nitrogen and oxygen atoms in total. The number of hydrogen-bond acceptors (Lipinski definition) is 4. The number of anilines is 2. The SMILES string of the molecule is Cc1c2c(nc3sc(C(=O)Nc4cccc(C(F)(F)F)c4)c(N)c13)CCCC2. The van der Waals surface area contributed by atoms with Crippen LogP contribution in [-0.4, -0.2) is 10.9 Å². The van der Waals surface area contributed by atoms with E-state index in [1.807, 2.05) is 6.92 Å². The molecular formula is C20H18F3N3OS. The minimum Gasteiger partial charge on any atom is -0.397 e. The highest BCUT2D eigenvalue weighted by molar-refractivity contribution is 7.21. The van der Waals surface area contributed by atoms with Crippen LogP contribution in [0.5, 0.6) is 0 Å². The topological polar surface area (TPSA) is 68.0 Å². The highest BCUT2D eigenvalue weighted by Crippen LogP contribution is 2.39. The second-order valence-corrected chi connectivity index (χ2v) is 7.93. The molecule has 3 aromatic rings. The maximum Gasteiger partial charge on any atom is 0.416 e. The van der Waals surface area contributed by atoms with E-state index in [2.05, 4.69) is 5.32 Å². The number of carbonyl (C=O) groups is 1. The molecule has 8 heteroatoms. The Labute approximate surface area is 163 Å². The number of amides is 1. The van der Waals surface area contributed by atoms with Gasteiger partial charge in [0, 0.05) is 16.8 Å². The van der Waals surface area contributed by atoms with E-state index in [1.165, 1.54) is 29.0 Å². The fraction of sp³-hybridized carbons (Fsp3) is 0.300. The Balaban J connectivity index is 1.70. The lowest BCUT2D eigenvalue weighted by molar-refractivity contribution is -0.137. The summed E-state index contributed by atoms with van der Waals surface area (Å²) in [5, 5.41) is 3.30. The van der Waals surface area contributed by atoms with Crippen molar-refractivity contribution in [2.24, 2.45) is 0 Å². The third kappa shape index (κ3) is 3.22. The minimum atomic E-state index is -4.47. The van der Waals surface area contributed by atoms with Gasteiger partial charge < -0.3 is 11.1 Å². The molecule has 0 spiro atoms. The average Bonchev–Trinajstić information content (AvgIpc) is 2.98. The zero-order chi connectivity index (χ0) is 20.1. The summed E-state index contributed by atoms with van der Waals surface area (Å²) in [5.74, 6) is -0.530. The predicted octanol–water partition coefficient (Wildman–Crippen LogP) is 5.34. The molecule has 0 unspecified atom stereocenters. The second-order valence-electron chi connectivity index (χ2n) is 6.93. The third-order valence-corrected chi connectivity index (χ3v) is 6.18. The van der Waals surface area contributed by atoms with Crippen LogP contribution in [0, 0.1) is 6.92 Å². The van der Waals surface area contributed by atoms with Gasteiger partial charge in [0.1, 0.15) is 9.71 Å². The van der Waals surface area contributed by atoms with Gasteiger partial charge in [-0.2, -0.15) is 13.2 Å². The van der Waals surface area contributed by atoms with Gasteiger partial charge in [-0.3, -0.25) is 4.79 Å². The van der Waals surface area contributed by atoms with Gasteiger partial charge in [-0.05, 0) is 61.9 Å². The molecule has 4 rings (SSSR count). The first-order chi connectivity index (χ1) is 13.3. The van der Waals surface area contributed by atoms with E-state index in [9.17, 15) is 18.0 Å². The van der Waals surface area contributed by atoms with Gasteiger partial charge in [-0.25, -0.2) is 4.98 Å². The van der Waals surface area contributed by atoms with Crippen LogP contribution in [0.15, 0.2) is 24.3 Å². The summed E-state index contributed by atoms with van der Waals surface area (Å²) in [7, 11) is 0. The van der Waals surface area contributed by atoms with Crippen LogP contribution in [0.2, 0.25) is 0 Å². The summed E-state index contributed by atoms with van der Waals surface area (Å²) < 4.78 is 38.7. The molecule has 0 radical (unpaired) electrons. The predicted molar refractivity (Wildman–Crippen MR) is 105 cm³/mol. The molecule has 1 aliphatic carbocycles. The molecular weight excluding hydrogens is 387 g/mol. The number of carbonyl (C=O) groups excluding carboxylic acids is 1. The van der Waals surface area contributed by atoms with Crippen LogP contribution < -0.4 is 11.1 Å². The number of thiophene rings is 1. The maximum atomic E-state index is 12.9. The number of nitrogens with two attached hydrogens (primary N) is 1. The Morgan fingerprint density at radius 2 is 2.00 bits per heavy atom. The number of benzene rings is 1. The van der Waals surface area contributed by atoms with Crippen molar-refractivity contribution in [2.75, 3.05) is 11.1 Å². The van der Waals surface area contributed by atoms with Crippen LogP contribution >= 0.6 is 11.3 Å². The van der Waals surface area contributed by atoms with E-state index in [4.69, 9.17) is 10.7 Å². The number of pyridine rings is 1. The average molecular weight is 405 g/mol. The Bertz CT molecular complexity index is 1090. The lowest BCUT2D eigenvalue weighted by Gasteiger charge is -2.17. The lowest BCUT2D eigenvalue weighted by Crippen LogP contribution is -2.13. The zero-order valence-corrected chi connectivity index (χ0v) is 15.9. The molecule has 0 atom stereocenters. The van der Waals surface area contributed by atoms with E-state index >= 15 is 0 Å². The highest BCUT2D eigenvalue weighted by Gasteiger charge is 2.30. The lowest BCUT2D eigenvalue weighted by atomic mass is 9.91. The molecule has 3 N–H and O–H groups in total. The smallest absolute Gasteiger partial charge is 0.397 e. The molecule has 146 valence electrons. The first-order valence-corrected chi connectivity index (χ1v) is 9.76. The van der Waals surface area contributed by atoms with Crippen LogP contribution in [0.25, 0.3) is 10.2 Å². The van der Waals surface area contributed by atoms with Crippen molar-refractivity contribution in [1.29, 1.82) is 0 Å². The van der Waals surface area contributed by atoms with Crippen LogP contribution in [-0.2, 0) is 19.0 Å². The zero-order valence-electron chi connectivity index (χ0n) is 15.1. The number of hydrogen-bond donors (Lipinski definition) is 2. The van der Waals surface area contributed by atoms with Gasteiger partial charge in [0.25, 0.3) is 5.91 Å².